The number of nitrogens with zero attached hydrogens (tertiary/aromatic N) is 4. The van der Waals surface area contributed by atoms with Crippen LogP contribution < -0.4 is 0 Å². The molecule has 8 nitrogen and oxygen atoms in total. The molecule has 0 aliphatic carbocycles. The maximum absolute atomic E-state index is 13.0. The predicted octanol–water partition coefficient (Wildman–Crippen LogP) is 4.80. The monoisotopic (exact) mass is 554 g/mol. The summed E-state index contributed by atoms with van der Waals surface area (Å²) in [6.45, 7) is 2.56. The Morgan fingerprint density at radius 1 is 1.25 bits per heavy atom. The standard InChI is InChI=1S/C14H16BrF3N4O2S.C2HF3O2/c1-7-9(19-12(15)25-7)10(11(23)24)22-4-2-3-8(6-22)5-13(20-21-13)14(16,17)18;3-2(4,5)1(6)7/h8,10H,2-6H2,1H3,(H,23,24);(H,6,7). The largest absolute Gasteiger partial charge is 0.490 e. The van der Waals surface area contributed by atoms with E-state index >= 15 is 0 Å². The summed E-state index contributed by atoms with van der Waals surface area (Å²) in [6, 6.07) is -0.958. The Morgan fingerprint density at radius 3 is 2.19 bits per heavy atom. The maximum Gasteiger partial charge on any atom is 0.490 e. The predicted molar refractivity (Wildman–Crippen MR) is 101 cm³/mol. The van der Waals surface area contributed by atoms with Crippen LogP contribution in [0.4, 0.5) is 26.3 Å². The molecule has 2 atom stereocenters. The van der Waals surface area contributed by atoms with Crippen LogP contribution >= 0.6 is 27.3 Å². The Morgan fingerprint density at radius 2 is 1.81 bits per heavy atom. The summed E-state index contributed by atoms with van der Waals surface area (Å²) in [6.07, 6.45) is -8.56. The third kappa shape index (κ3) is 6.37. The van der Waals surface area contributed by atoms with Crippen molar-refractivity contribution in [2.45, 2.75) is 50.2 Å². The minimum absolute atomic E-state index is 0.223. The second kappa shape index (κ2) is 9.59. The molecule has 1 aromatic rings. The summed E-state index contributed by atoms with van der Waals surface area (Å²) < 4.78 is 71.5. The Kier molecular flexibility index (Phi) is 7.92. The molecule has 2 N–H and O–H groups in total. The van der Waals surface area contributed by atoms with Gasteiger partial charge >= 0.3 is 24.3 Å². The van der Waals surface area contributed by atoms with Gasteiger partial charge in [-0.3, -0.25) is 9.69 Å². The highest BCUT2D eigenvalue weighted by Crippen LogP contribution is 2.49. The minimum atomic E-state index is -5.08. The molecule has 0 amide bonds. The number of aryl methyl sites for hydroxylation is 1. The van der Waals surface area contributed by atoms with Crippen LogP contribution in [0.3, 0.4) is 0 Å². The number of piperidine rings is 1. The third-order valence-corrected chi connectivity index (χ3v) is 6.26. The number of carboxylic acid groups (broad SMARTS) is 2. The van der Waals surface area contributed by atoms with Crippen molar-refractivity contribution in [3.05, 3.63) is 14.5 Å². The van der Waals surface area contributed by atoms with E-state index in [2.05, 4.69) is 31.1 Å². The molecule has 16 heteroatoms. The normalized spacial score (nSPS) is 21.4. The number of rotatable bonds is 5. The van der Waals surface area contributed by atoms with E-state index < -0.39 is 36.0 Å². The zero-order chi connectivity index (χ0) is 24.5. The van der Waals surface area contributed by atoms with Gasteiger partial charge in [-0.25, -0.2) is 9.78 Å². The molecular formula is C16H17BrF6N4O4S. The van der Waals surface area contributed by atoms with Crippen molar-refractivity contribution in [1.29, 1.82) is 0 Å². The van der Waals surface area contributed by atoms with E-state index in [-0.39, 0.29) is 18.9 Å². The van der Waals surface area contributed by atoms with E-state index in [1.165, 1.54) is 11.3 Å². The van der Waals surface area contributed by atoms with Crippen LogP contribution in [0.25, 0.3) is 0 Å². The van der Waals surface area contributed by atoms with Gasteiger partial charge in [-0.1, -0.05) is 0 Å². The van der Waals surface area contributed by atoms with Crippen molar-refractivity contribution in [1.82, 2.24) is 9.88 Å². The van der Waals surface area contributed by atoms with Gasteiger partial charge in [-0.15, -0.1) is 21.6 Å². The van der Waals surface area contributed by atoms with Crippen LogP contribution in [0.15, 0.2) is 14.1 Å². The van der Waals surface area contributed by atoms with Gasteiger partial charge in [-0.2, -0.15) is 26.3 Å². The average Bonchev–Trinajstić information content (AvgIpc) is 3.34. The molecule has 0 spiro atoms. The molecule has 0 bridgehead atoms. The summed E-state index contributed by atoms with van der Waals surface area (Å²) in [5.74, 6) is -4.12. The van der Waals surface area contributed by atoms with Gasteiger partial charge in [0.15, 0.2) is 9.96 Å². The lowest BCUT2D eigenvalue weighted by molar-refractivity contribution is -0.192. The summed E-state index contributed by atoms with van der Waals surface area (Å²) in [4.78, 5) is 27.4. The number of aliphatic carboxylic acids is 2. The fourth-order valence-electron chi connectivity index (χ4n) is 3.35. The first-order valence-corrected chi connectivity index (χ1v) is 10.6. The first kappa shape index (κ1) is 26.4. The van der Waals surface area contributed by atoms with Crippen molar-refractivity contribution in [3.63, 3.8) is 0 Å². The number of hydrogen-bond donors (Lipinski definition) is 2. The first-order valence-electron chi connectivity index (χ1n) is 8.98. The van der Waals surface area contributed by atoms with E-state index in [4.69, 9.17) is 9.90 Å². The number of halogens is 7. The molecule has 0 aromatic carbocycles. The number of alkyl halides is 6. The molecule has 1 aromatic heterocycles. The molecule has 0 radical (unpaired) electrons. The summed E-state index contributed by atoms with van der Waals surface area (Å²) in [5.41, 5.74) is -1.84. The lowest BCUT2D eigenvalue weighted by Gasteiger charge is -2.36. The van der Waals surface area contributed by atoms with Crippen LogP contribution in [-0.4, -0.2) is 63.1 Å². The topological polar surface area (TPSA) is 115 Å². The highest BCUT2D eigenvalue weighted by atomic mass is 79.9. The Bertz CT molecular complexity index is 885. The molecule has 1 saturated heterocycles. The van der Waals surface area contributed by atoms with Crippen molar-refractivity contribution in [2.24, 2.45) is 16.1 Å². The van der Waals surface area contributed by atoms with Crippen LogP contribution in [-0.2, 0) is 9.59 Å². The van der Waals surface area contributed by atoms with Gasteiger partial charge < -0.3 is 10.2 Å². The smallest absolute Gasteiger partial charge is 0.480 e. The van der Waals surface area contributed by atoms with Crippen LogP contribution in [0.1, 0.15) is 35.9 Å². The zero-order valence-electron chi connectivity index (χ0n) is 16.2. The number of carboxylic acids is 2. The summed E-state index contributed by atoms with van der Waals surface area (Å²) in [5, 5.41) is 23.2. The van der Waals surface area contributed by atoms with Gasteiger partial charge in [-0.05, 0) is 48.2 Å². The van der Waals surface area contributed by atoms with E-state index in [0.29, 0.717) is 29.0 Å². The Balaban J connectivity index is 0.000000451. The number of likely N-dealkylation sites (tertiary alicyclic amines) is 1. The summed E-state index contributed by atoms with van der Waals surface area (Å²) >= 11 is 4.59. The van der Waals surface area contributed by atoms with E-state index in [0.717, 1.165) is 4.88 Å². The number of aromatic nitrogens is 1. The Labute approximate surface area is 189 Å². The van der Waals surface area contributed by atoms with Gasteiger partial charge in [0.25, 0.3) is 5.66 Å². The van der Waals surface area contributed by atoms with Crippen LogP contribution in [0.5, 0.6) is 0 Å². The number of carbonyl (C=O) groups is 2. The van der Waals surface area contributed by atoms with Crippen molar-refractivity contribution < 1.29 is 46.1 Å². The molecule has 1 fully saturated rings. The SMILES string of the molecule is Cc1sc(Br)nc1C(C(=O)O)N1CCCC(CC2(C(F)(F)F)N=N2)C1.O=C(O)C(F)(F)F. The third-order valence-electron chi connectivity index (χ3n) is 4.83. The van der Waals surface area contributed by atoms with Gasteiger partial charge in [0.2, 0.25) is 0 Å². The second-order valence-corrected chi connectivity index (χ2v) is 9.65. The lowest BCUT2D eigenvalue weighted by Crippen LogP contribution is -2.44. The molecular weight excluding hydrogens is 538 g/mol. The minimum Gasteiger partial charge on any atom is -0.480 e. The van der Waals surface area contributed by atoms with Crippen LogP contribution in [0.2, 0.25) is 0 Å². The zero-order valence-corrected chi connectivity index (χ0v) is 18.6. The molecule has 180 valence electrons. The number of thiazole rings is 1. The molecule has 3 heterocycles. The highest BCUT2D eigenvalue weighted by Gasteiger charge is 2.64. The van der Waals surface area contributed by atoms with Crippen molar-refractivity contribution in [3.8, 4) is 0 Å². The maximum atomic E-state index is 13.0. The number of hydrogen-bond acceptors (Lipinski definition) is 7. The lowest BCUT2D eigenvalue weighted by atomic mass is 9.88. The van der Waals surface area contributed by atoms with Crippen molar-refractivity contribution in [2.75, 3.05) is 13.1 Å². The molecule has 3 rings (SSSR count). The molecule has 2 aliphatic heterocycles. The average molecular weight is 555 g/mol. The van der Waals surface area contributed by atoms with Gasteiger partial charge in [0, 0.05) is 17.8 Å². The highest BCUT2D eigenvalue weighted by molar-refractivity contribution is 9.11. The van der Waals surface area contributed by atoms with Gasteiger partial charge in [0.05, 0.1) is 5.69 Å². The van der Waals surface area contributed by atoms with Gasteiger partial charge in [0.1, 0.15) is 0 Å². The second-order valence-electron chi connectivity index (χ2n) is 7.17. The Hall–Kier alpha value is -1.81. The van der Waals surface area contributed by atoms with E-state index in [1.54, 1.807) is 11.8 Å². The molecule has 2 aliphatic rings. The van der Waals surface area contributed by atoms with E-state index in [1.807, 2.05) is 0 Å². The summed E-state index contributed by atoms with van der Waals surface area (Å²) in [7, 11) is 0. The molecule has 0 saturated carbocycles. The van der Waals surface area contributed by atoms with E-state index in [9.17, 15) is 36.2 Å². The van der Waals surface area contributed by atoms with Crippen molar-refractivity contribution >= 4 is 39.2 Å². The fraction of sp³-hybridized carbons (Fsp3) is 0.688. The quantitative estimate of drug-likeness (QED) is 0.505. The first-order chi connectivity index (χ1) is 14.6. The molecule has 32 heavy (non-hydrogen) atoms. The van der Waals surface area contributed by atoms with Crippen LogP contribution in [0, 0.1) is 12.8 Å². The molecule has 2 unspecified atom stereocenters. The fourth-order valence-corrected chi connectivity index (χ4v) is 4.92.